The Kier molecular flexibility index (Phi) is 10.8. The summed E-state index contributed by atoms with van der Waals surface area (Å²) in [5.41, 5.74) is 0. The SMILES string of the molecule is CC(=O)NCCSC(=O)CCCCCCC[N+](C)(C)C. The zero-order valence-corrected chi connectivity index (χ0v) is 14.4. The Bertz CT molecular complexity index is 288. The molecule has 118 valence electrons. The summed E-state index contributed by atoms with van der Waals surface area (Å²) in [5, 5.41) is 2.94. The molecule has 0 rings (SSSR count). The van der Waals surface area contributed by atoms with Gasteiger partial charge in [0, 0.05) is 25.6 Å². The maximum atomic E-state index is 11.6. The zero-order chi connectivity index (χ0) is 15.4. The second kappa shape index (κ2) is 11.1. The van der Waals surface area contributed by atoms with Gasteiger partial charge in [-0.25, -0.2) is 0 Å². The fourth-order valence-electron chi connectivity index (χ4n) is 1.85. The standard InChI is InChI=1S/C15H30N2O2S/c1-14(18)16-11-13-20-15(19)10-8-6-5-7-9-12-17(2,3)4/h5-13H2,1-4H3/p+1. The highest BCUT2D eigenvalue weighted by Gasteiger charge is 2.06. The molecule has 0 aliphatic carbocycles. The van der Waals surface area contributed by atoms with Crippen molar-refractivity contribution in [3.63, 3.8) is 0 Å². The summed E-state index contributed by atoms with van der Waals surface area (Å²) < 4.78 is 1.03. The number of amides is 1. The summed E-state index contributed by atoms with van der Waals surface area (Å²) >= 11 is 1.33. The van der Waals surface area contributed by atoms with E-state index in [0.29, 0.717) is 18.7 Å². The van der Waals surface area contributed by atoms with Crippen molar-refractivity contribution in [3.8, 4) is 0 Å². The van der Waals surface area contributed by atoms with Crippen molar-refractivity contribution in [2.45, 2.75) is 45.4 Å². The quantitative estimate of drug-likeness (QED) is 0.471. The van der Waals surface area contributed by atoms with E-state index in [1.165, 1.54) is 44.5 Å². The van der Waals surface area contributed by atoms with Gasteiger partial charge in [-0.15, -0.1) is 0 Å². The molecule has 0 radical (unpaired) electrons. The van der Waals surface area contributed by atoms with Crippen LogP contribution in [0.15, 0.2) is 0 Å². The van der Waals surface area contributed by atoms with Gasteiger partial charge in [0.15, 0.2) is 5.12 Å². The summed E-state index contributed by atoms with van der Waals surface area (Å²) in [6.07, 6.45) is 6.57. The molecule has 0 heterocycles. The van der Waals surface area contributed by atoms with Crippen LogP contribution in [0.2, 0.25) is 0 Å². The van der Waals surface area contributed by atoms with E-state index in [9.17, 15) is 9.59 Å². The molecule has 0 unspecified atom stereocenters. The molecular weight excluding hydrogens is 272 g/mol. The van der Waals surface area contributed by atoms with Gasteiger partial charge in [-0.05, 0) is 19.3 Å². The van der Waals surface area contributed by atoms with Crippen LogP contribution in [0.3, 0.4) is 0 Å². The van der Waals surface area contributed by atoms with Crippen molar-refractivity contribution in [3.05, 3.63) is 0 Å². The summed E-state index contributed by atoms with van der Waals surface area (Å²) in [5.74, 6) is 0.647. The van der Waals surface area contributed by atoms with Crippen molar-refractivity contribution >= 4 is 22.8 Å². The molecule has 0 aliphatic heterocycles. The summed E-state index contributed by atoms with van der Waals surface area (Å²) in [7, 11) is 6.66. The van der Waals surface area contributed by atoms with Crippen molar-refractivity contribution in [1.82, 2.24) is 5.32 Å². The summed E-state index contributed by atoms with van der Waals surface area (Å²) in [4.78, 5) is 22.2. The second-order valence-corrected chi connectivity index (χ2v) is 7.39. The van der Waals surface area contributed by atoms with Crippen LogP contribution in [0.1, 0.15) is 45.4 Å². The number of unbranched alkanes of at least 4 members (excludes halogenated alkanes) is 4. The van der Waals surface area contributed by atoms with Crippen LogP contribution in [-0.2, 0) is 9.59 Å². The number of thioether (sulfide) groups is 1. The Morgan fingerprint density at radius 2 is 1.60 bits per heavy atom. The number of nitrogens with one attached hydrogen (secondary N) is 1. The molecule has 0 atom stereocenters. The van der Waals surface area contributed by atoms with E-state index in [0.717, 1.165) is 17.3 Å². The van der Waals surface area contributed by atoms with Gasteiger partial charge < -0.3 is 9.80 Å². The van der Waals surface area contributed by atoms with Crippen LogP contribution in [0.25, 0.3) is 0 Å². The van der Waals surface area contributed by atoms with Gasteiger partial charge in [0.1, 0.15) is 0 Å². The van der Waals surface area contributed by atoms with Crippen LogP contribution < -0.4 is 5.32 Å². The number of nitrogens with zero attached hydrogens (tertiary/aromatic N) is 1. The molecule has 0 fully saturated rings. The third-order valence-corrected chi connectivity index (χ3v) is 3.88. The second-order valence-electron chi connectivity index (χ2n) is 6.24. The van der Waals surface area contributed by atoms with Crippen molar-refractivity contribution in [1.29, 1.82) is 0 Å². The van der Waals surface area contributed by atoms with E-state index in [2.05, 4.69) is 26.5 Å². The molecule has 0 saturated carbocycles. The first-order valence-electron chi connectivity index (χ1n) is 7.52. The lowest BCUT2D eigenvalue weighted by Gasteiger charge is -2.23. The van der Waals surface area contributed by atoms with Gasteiger partial charge in [0.2, 0.25) is 5.91 Å². The Morgan fingerprint density at radius 1 is 1.00 bits per heavy atom. The Labute approximate surface area is 128 Å². The minimum absolute atomic E-state index is 0.0353. The molecule has 0 aliphatic rings. The number of rotatable bonds is 11. The first-order chi connectivity index (χ1) is 9.31. The molecule has 1 amide bonds. The lowest BCUT2D eigenvalue weighted by atomic mass is 10.1. The highest BCUT2D eigenvalue weighted by molar-refractivity contribution is 8.13. The predicted molar refractivity (Wildman–Crippen MR) is 86.8 cm³/mol. The van der Waals surface area contributed by atoms with Crippen molar-refractivity contribution < 1.29 is 14.1 Å². The highest BCUT2D eigenvalue weighted by atomic mass is 32.2. The minimum Gasteiger partial charge on any atom is -0.356 e. The Morgan fingerprint density at radius 3 is 2.20 bits per heavy atom. The maximum Gasteiger partial charge on any atom is 0.216 e. The fourth-order valence-corrected chi connectivity index (χ4v) is 2.57. The fraction of sp³-hybridized carbons (Fsp3) is 0.867. The van der Waals surface area contributed by atoms with Gasteiger partial charge in [0.05, 0.1) is 27.7 Å². The van der Waals surface area contributed by atoms with Crippen LogP contribution in [0.5, 0.6) is 0 Å². The Hall–Kier alpha value is -0.550. The molecule has 0 aromatic rings. The number of hydrogen-bond acceptors (Lipinski definition) is 3. The van der Waals surface area contributed by atoms with Gasteiger partial charge in [-0.1, -0.05) is 24.6 Å². The van der Waals surface area contributed by atoms with Gasteiger partial charge in [-0.2, -0.15) is 0 Å². The molecular formula is C15H31N2O2S+. The highest BCUT2D eigenvalue weighted by Crippen LogP contribution is 2.11. The number of carbonyl (C=O) groups excluding carboxylic acids is 2. The van der Waals surface area contributed by atoms with Gasteiger partial charge in [0.25, 0.3) is 0 Å². The van der Waals surface area contributed by atoms with E-state index in [1.807, 2.05) is 0 Å². The number of carbonyl (C=O) groups is 2. The van der Waals surface area contributed by atoms with Crippen LogP contribution in [-0.4, -0.2) is 55.5 Å². The summed E-state index contributed by atoms with van der Waals surface area (Å²) in [6, 6.07) is 0. The molecule has 4 nitrogen and oxygen atoms in total. The molecule has 1 N–H and O–H groups in total. The molecule has 0 aromatic carbocycles. The lowest BCUT2D eigenvalue weighted by Crippen LogP contribution is -2.35. The van der Waals surface area contributed by atoms with E-state index < -0.39 is 0 Å². The van der Waals surface area contributed by atoms with Crippen molar-refractivity contribution in [2.24, 2.45) is 0 Å². The average molecular weight is 303 g/mol. The molecule has 20 heavy (non-hydrogen) atoms. The molecule has 0 spiro atoms. The van der Waals surface area contributed by atoms with Crippen LogP contribution in [0, 0.1) is 0 Å². The normalized spacial score (nSPS) is 11.4. The monoisotopic (exact) mass is 303 g/mol. The van der Waals surface area contributed by atoms with E-state index >= 15 is 0 Å². The topological polar surface area (TPSA) is 46.2 Å². The van der Waals surface area contributed by atoms with Crippen LogP contribution in [0.4, 0.5) is 0 Å². The first-order valence-corrected chi connectivity index (χ1v) is 8.50. The first kappa shape index (κ1) is 19.4. The minimum atomic E-state index is -0.0353. The largest absolute Gasteiger partial charge is 0.356 e. The van der Waals surface area contributed by atoms with Crippen molar-refractivity contribution in [2.75, 3.05) is 40.0 Å². The lowest BCUT2D eigenvalue weighted by molar-refractivity contribution is -0.870. The van der Waals surface area contributed by atoms with E-state index in [4.69, 9.17) is 0 Å². The predicted octanol–water partition coefficient (Wildman–Crippen LogP) is 2.43. The third kappa shape index (κ3) is 15.5. The van der Waals surface area contributed by atoms with Crippen LogP contribution >= 0.6 is 11.8 Å². The van der Waals surface area contributed by atoms with E-state index in [-0.39, 0.29) is 11.0 Å². The number of hydrogen-bond donors (Lipinski definition) is 1. The molecule has 0 saturated heterocycles. The maximum absolute atomic E-state index is 11.6. The van der Waals surface area contributed by atoms with Gasteiger partial charge in [-0.3, -0.25) is 9.59 Å². The van der Waals surface area contributed by atoms with Gasteiger partial charge >= 0.3 is 0 Å². The average Bonchev–Trinajstić information content (AvgIpc) is 2.32. The Balaban J connectivity index is 3.29. The zero-order valence-electron chi connectivity index (χ0n) is 13.5. The smallest absolute Gasteiger partial charge is 0.216 e. The molecule has 0 bridgehead atoms. The number of quaternary nitrogens is 1. The summed E-state index contributed by atoms with van der Waals surface area (Å²) in [6.45, 7) is 3.29. The third-order valence-electron chi connectivity index (χ3n) is 2.95. The molecule has 0 aromatic heterocycles. The molecule has 5 heteroatoms. The van der Waals surface area contributed by atoms with E-state index in [1.54, 1.807) is 0 Å².